The number of furan rings is 1. The summed E-state index contributed by atoms with van der Waals surface area (Å²) < 4.78 is 5.54. The molecule has 0 atom stereocenters. The van der Waals surface area contributed by atoms with Gasteiger partial charge in [-0.3, -0.25) is 4.79 Å². The van der Waals surface area contributed by atoms with Crippen LogP contribution < -0.4 is 5.32 Å². The van der Waals surface area contributed by atoms with Gasteiger partial charge in [0.15, 0.2) is 5.76 Å². The second-order valence-corrected chi connectivity index (χ2v) is 5.36. The molecule has 20 heavy (non-hydrogen) atoms. The predicted molar refractivity (Wildman–Crippen MR) is 75.1 cm³/mol. The molecule has 1 amide bonds. The SMILES string of the molecule is N#CC1(NC(=O)c2cc3ccccc3o2)CCCCC1. The van der Waals surface area contributed by atoms with Crippen LogP contribution in [0.15, 0.2) is 34.7 Å². The summed E-state index contributed by atoms with van der Waals surface area (Å²) in [6.07, 6.45) is 4.52. The van der Waals surface area contributed by atoms with Crippen molar-refractivity contribution in [3.05, 3.63) is 36.1 Å². The number of nitriles is 1. The maximum Gasteiger partial charge on any atom is 0.288 e. The molecule has 0 unspecified atom stereocenters. The third-order valence-corrected chi connectivity index (χ3v) is 3.92. The molecule has 2 aromatic rings. The lowest BCUT2D eigenvalue weighted by atomic mass is 9.83. The minimum absolute atomic E-state index is 0.270. The molecular weight excluding hydrogens is 252 g/mol. The second kappa shape index (κ2) is 5.01. The van der Waals surface area contributed by atoms with Gasteiger partial charge >= 0.3 is 0 Å². The van der Waals surface area contributed by atoms with Gasteiger partial charge in [0.1, 0.15) is 11.1 Å². The number of para-hydroxylation sites is 1. The largest absolute Gasteiger partial charge is 0.451 e. The smallest absolute Gasteiger partial charge is 0.288 e. The number of hydrogen-bond donors (Lipinski definition) is 1. The van der Waals surface area contributed by atoms with E-state index in [1.165, 1.54) is 0 Å². The molecule has 0 radical (unpaired) electrons. The second-order valence-electron chi connectivity index (χ2n) is 5.36. The van der Waals surface area contributed by atoms with E-state index in [4.69, 9.17) is 4.42 Å². The first-order valence-electron chi connectivity index (χ1n) is 6.95. The molecule has 1 saturated carbocycles. The molecule has 1 N–H and O–H groups in total. The standard InChI is InChI=1S/C16H16N2O2/c17-11-16(8-4-1-5-9-16)18-15(19)14-10-12-6-2-3-7-13(12)20-14/h2-3,6-7,10H,1,4-5,8-9H2,(H,18,19). The number of fused-ring (bicyclic) bond motifs is 1. The van der Waals surface area contributed by atoms with E-state index >= 15 is 0 Å². The zero-order chi connectivity index (χ0) is 14.0. The molecule has 1 aromatic heterocycles. The number of carbonyl (C=O) groups excluding carboxylic acids is 1. The Labute approximate surface area is 117 Å². The third kappa shape index (κ3) is 2.27. The Balaban J connectivity index is 1.83. The van der Waals surface area contributed by atoms with Gasteiger partial charge in [-0.15, -0.1) is 0 Å². The Bertz CT molecular complexity index is 642. The summed E-state index contributed by atoms with van der Waals surface area (Å²) in [4.78, 5) is 12.3. The summed E-state index contributed by atoms with van der Waals surface area (Å²) in [5.74, 6) is -0.0314. The van der Waals surface area contributed by atoms with Crippen LogP contribution in [0.1, 0.15) is 42.7 Å². The highest BCUT2D eigenvalue weighted by Crippen LogP contribution is 2.28. The van der Waals surface area contributed by atoms with Crippen molar-refractivity contribution in [1.29, 1.82) is 5.26 Å². The molecule has 0 aliphatic heterocycles. The fourth-order valence-electron chi connectivity index (χ4n) is 2.79. The Morgan fingerprint density at radius 3 is 2.70 bits per heavy atom. The normalized spacial score (nSPS) is 17.6. The van der Waals surface area contributed by atoms with E-state index in [1.54, 1.807) is 6.07 Å². The fourth-order valence-corrected chi connectivity index (χ4v) is 2.79. The Kier molecular flexibility index (Phi) is 3.19. The van der Waals surface area contributed by atoms with E-state index in [9.17, 15) is 10.1 Å². The molecule has 1 aliphatic carbocycles. The number of hydrogen-bond acceptors (Lipinski definition) is 3. The number of carbonyl (C=O) groups is 1. The Morgan fingerprint density at radius 2 is 2.00 bits per heavy atom. The van der Waals surface area contributed by atoms with Gasteiger partial charge in [-0.1, -0.05) is 37.5 Å². The average molecular weight is 268 g/mol. The van der Waals surface area contributed by atoms with E-state index in [2.05, 4.69) is 11.4 Å². The van der Waals surface area contributed by atoms with Gasteiger partial charge in [0.25, 0.3) is 5.91 Å². The summed E-state index contributed by atoms with van der Waals surface area (Å²) in [6.45, 7) is 0. The summed E-state index contributed by atoms with van der Waals surface area (Å²) in [5, 5.41) is 13.1. The van der Waals surface area contributed by atoms with Gasteiger partial charge in [-0.2, -0.15) is 5.26 Å². The molecular formula is C16H16N2O2. The number of nitrogens with one attached hydrogen (secondary N) is 1. The van der Waals surface area contributed by atoms with Crippen molar-refractivity contribution >= 4 is 16.9 Å². The maximum absolute atomic E-state index is 12.3. The minimum atomic E-state index is -0.728. The van der Waals surface area contributed by atoms with Gasteiger partial charge in [-0.05, 0) is 25.0 Å². The van der Waals surface area contributed by atoms with Crippen LogP contribution in [-0.4, -0.2) is 11.4 Å². The lowest BCUT2D eigenvalue weighted by Crippen LogP contribution is -2.48. The van der Waals surface area contributed by atoms with Crippen molar-refractivity contribution in [2.45, 2.75) is 37.6 Å². The zero-order valence-corrected chi connectivity index (χ0v) is 11.2. The van der Waals surface area contributed by atoms with Crippen molar-refractivity contribution in [2.75, 3.05) is 0 Å². The molecule has 102 valence electrons. The van der Waals surface area contributed by atoms with Crippen molar-refractivity contribution in [3.63, 3.8) is 0 Å². The lowest BCUT2D eigenvalue weighted by Gasteiger charge is -2.31. The lowest BCUT2D eigenvalue weighted by molar-refractivity contribution is 0.0876. The van der Waals surface area contributed by atoms with Crippen LogP contribution in [0.4, 0.5) is 0 Å². The molecule has 4 heteroatoms. The summed E-state index contributed by atoms with van der Waals surface area (Å²) in [7, 11) is 0. The van der Waals surface area contributed by atoms with Gasteiger partial charge in [0, 0.05) is 5.39 Å². The van der Waals surface area contributed by atoms with Gasteiger partial charge < -0.3 is 9.73 Å². The van der Waals surface area contributed by atoms with Crippen LogP contribution in [0.25, 0.3) is 11.0 Å². The number of nitrogens with zero attached hydrogens (tertiary/aromatic N) is 1. The minimum Gasteiger partial charge on any atom is -0.451 e. The van der Waals surface area contributed by atoms with Crippen molar-refractivity contribution < 1.29 is 9.21 Å². The Morgan fingerprint density at radius 1 is 1.25 bits per heavy atom. The van der Waals surface area contributed by atoms with Crippen molar-refractivity contribution in [1.82, 2.24) is 5.32 Å². The van der Waals surface area contributed by atoms with E-state index in [1.807, 2.05) is 24.3 Å². The van der Waals surface area contributed by atoms with E-state index < -0.39 is 5.54 Å². The van der Waals surface area contributed by atoms with Crippen molar-refractivity contribution in [3.8, 4) is 6.07 Å². The maximum atomic E-state index is 12.3. The van der Waals surface area contributed by atoms with Gasteiger partial charge in [-0.25, -0.2) is 0 Å². The number of benzene rings is 1. The predicted octanol–water partition coefficient (Wildman–Crippen LogP) is 3.39. The summed E-state index contributed by atoms with van der Waals surface area (Å²) in [5.41, 5.74) is -0.0406. The summed E-state index contributed by atoms with van der Waals surface area (Å²) >= 11 is 0. The quantitative estimate of drug-likeness (QED) is 0.907. The highest BCUT2D eigenvalue weighted by atomic mass is 16.3. The summed E-state index contributed by atoms with van der Waals surface area (Å²) in [6, 6.07) is 11.5. The molecule has 1 aromatic carbocycles. The van der Waals surface area contributed by atoms with Gasteiger partial charge in [0.05, 0.1) is 6.07 Å². The zero-order valence-electron chi connectivity index (χ0n) is 11.2. The molecule has 0 bridgehead atoms. The van der Waals surface area contributed by atoms with E-state index in [0.29, 0.717) is 5.58 Å². The number of amides is 1. The van der Waals surface area contributed by atoms with Crippen LogP contribution >= 0.6 is 0 Å². The fraction of sp³-hybridized carbons (Fsp3) is 0.375. The third-order valence-electron chi connectivity index (χ3n) is 3.92. The monoisotopic (exact) mass is 268 g/mol. The molecule has 0 spiro atoms. The first-order valence-corrected chi connectivity index (χ1v) is 6.95. The molecule has 4 nitrogen and oxygen atoms in total. The molecule has 0 saturated heterocycles. The van der Waals surface area contributed by atoms with Crippen LogP contribution in [-0.2, 0) is 0 Å². The molecule has 1 heterocycles. The van der Waals surface area contributed by atoms with Gasteiger partial charge in [0.2, 0.25) is 0 Å². The van der Waals surface area contributed by atoms with Crippen LogP contribution in [0.2, 0.25) is 0 Å². The highest BCUT2D eigenvalue weighted by Gasteiger charge is 2.34. The van der Waals surface area contributed by atoms with E-state index in [-0.39, 0.29) is 11.7 Å². The van der Waals surface area contributed by atoms with Crippen molar-refractivity contribution in [2.24, 2.45) is 0 Å². The van der Waals surface area contributed by atoms with Crippen LogP contribution in [0.3, 0.4) is 0 Å². The topological polar surface area (TPSA) is 66.0 Å². The number of rotatable bonds is 2. The van der Waals surface area contributed by atoms with Crippen LogP contribution in [0.5, 0.6) is 0 Å². The highest BCUT2D eigenvalue weighted by molar-refractivity contribution is 5.96. The Hall–Kier alpha value is -2.28. The first kappa shape index (κ1) is 12.7. The average Bonchev–Trinajstić information content (AvgIpc) is 2.92. The van der Waals surface area contributed by atoms with Crippen LogP contribution in [0, 0.1) is 11.3 Å². The first-order chi connectivity index (χ1) is 9.72. The molecule has 1 fully saturated rings. The molecule has 1 aliphatic rings. The van der Waals surface area contributed by atoms with E-state index in [0.717, 1.165) is 37.5 Å². The molecule has 3 rings (SSSR count).